The van der Waals surface area contributed by atoms with E-state index in [0.29, 0.717) is 37.7 Å². The van der Waals surface area contributed by atoms with Gasteiger partial charge >= 0.3 is 0 Å². The lowest BCUT2D eigenvalue weighted by molar-refractivity contribution is -0.128. The van der Waals surface area contributed by atoms with Crippen molar-refractivity contribution < 1.29 is 29.4 Å². The summed E-state index contributed by atoms with van der Waals surface area (Å²) in [5.74, 6) is -1.18. The zero-order chi connectivity index (χ0) is 42.0. The fraction of sp³-hybridized carbons (Fsp3) is 0.391. The second-order valence-electron chi connectivity index (χ2n) is 18.2. The Morgan fingerprint density at radius 1 is 0.518 bits per heavy atom. The normalized spacial score (nSPS) is 12.3. The van der Waals surface area contributed by atoms with E-state index in [0.717, 1.165) is 34.1 Å². The summed E-state index contributed by atoms with van der Waals surface area (Å²) in [4.78, 5) is 57.3. The summed E-state index contributed by atoms with van der Waals surface area (Å²) in [5.41, 5.74) is 2.84. The third kappa shape index (κ3) is 11.3. The molecular weight excluding hydrogens is 741 g/mol. The fourth-order valence-corrected chi connectivity index (χ4v) is 7.79. The van der Waals surface area contributed by atoms with Gasteiger partial charge in [0.05, 0.1) is 18.5 Å². The molecule has 0 radical (unpaired) electrons. The fourth-order valence-electron chi connectivity index (χ4n) is 6.17. The topological polar surface area (TPSA) is 124 Å². The largest absolute Gasteiger partial charge is 0.507 e. The molecule has 0 aliphatic carbocycles. The van der Waals surface area contributed by atoms with Crippen molar-refractivity contribution in [3.63, 3.8) is 0 Å². The Morgan fingerprint density at radius 3 is 1.16 bits per heavy atom. The number of imide groups is 1. The number of carbonyl (C=O) groups excluding carboxylic acids is 4. The predicted molar refractivity (Wildman–Crippen MR) is 231 cm³/mol. The van der Waals surface area contributed by atoms with Crippen LogP contribution in [-0.4, -0.2) is 32.3 Å². The monoisotopic (exact) mass is 796 g/mol. The van der Waals surface area contributed by atoms with E-state index in [9.17, 15) is 29.4 Å². The number of carbonyl (C=O) groups is 4. The highest BCUT2D eigenvalue weighted by molar-refractivity contribution is 8.14. The minimum Gasteiger partial charge on any atom is -0.507 e. The maximum Gasteiger partial charge on any atom is 0.242 e. The molecule has 0 bridgehead atoms. The SMILES string of the molecule is CC(C)(C)c1cc(SC(=O)CC(=O)N(C(=O)CC(=O)Sc2cc(C(C)(C)C)c(O)c(C(C)(C)C)c2)c2ccc(Nc3ccccc3)cc2)cc(C(C)(C)C)c1O. The van der Waals surface area contributed by atoms with Gasteiger partial charge in [0.25, 0.3) is 0 Å². The number of aromatic hydroxyl groups is 2. The van der Waals surface area contributed by atoms with E-state index < -0.39 is 56.5 Å². The van der Waals surface area contributed by atoms with Crippen molar-refractivity contribution in [3.05, 3.63) is 101 Å². The number of anilines is 3. The Kier molecular flexibility index (Phi) is 13.3. The van der Waals surface area contributed by atoms with Crippen LogP contribution >= 0.6 is 23.5 Å². The van der Waals surface area contributed by atoms with E-state index in [4.69, 9.17) is 0 Å². The van der Waals surface area contributed by atoms with Crippen LogP contribution in [0.2, 0.25) is 0 Å². The molecule has 4 aromatic carbocycles. The number of hydrogen-bond donors (Lipinski definition) is 3. The van der Waals surface area contributed by atoms with Gasteiger partial charge < -0.3 is 15.5 Å². The summed E-state index contributed by atoms with van der Waals surface area (Å²) in [5, 5.41) is 24.6. The quantitative estimate of drug-likeness (QED) is 0.112. The molecule has 0 aliphatic heterocycles. The predicted octanol–water partition coefficient (Wildman–Crippen LogP) is 11.3. The van der Waals surface area contributed by atoms with Crippen molar-refractivity contribution in [3.8, 4) is 11.5 Å². The smallest absolute Gasteiger partial charge is 0.242 e. The number of nitrogens with one attached hydrogen (secondary N) is 1. The zero-order valence-electron chi connectivity index (χ0n) is 34.7. The van der Waals surface area contributed by atoms with Gasteiger partial charge in [0, 0.05) is 43.4 Å². The van der Waals surface area contributed by atoms with Crippen LogP contribution in [0.25, 0.3) is 0 Å². The molecule has 0 fully saturated rings. The molecule has 56 heavy (non-hydrogen) atoms. The maximum absolute atomic E-state index is 14.0. The lowest BCUT2D eigenvalue weighted by Crippen LogP contribution is -2.38. The summed E-state index contributed by atoms with van der Waals surface area (Å²) in [7, 11) is 0. The Bertz CT molecular complexity index is 1920. The second-order valence-corrected chi connectivity index (χ2v) is 20.5. The van der Waals surface area contributed by atoms with E-state index in [1.54, 1.807) is 48.5 Å². The molecule has 3 N–H and O–H groups in total. The van der Waals surface area contributed by atoms with E-state index in [-0.39, 0.29) is 17.2 Å². The lowest BCUT2D eigenvalue weighted by atomic mass is 9.79. The van der Waals surface area contributed by atoms with E-state index >= 15 is 0 Å². The molecule has 0 aromatic heterocycles. The van der Waals surface area contributed by atoms with Gasteiger partial charge in [-0.3, -0.25) is 19.2 Å². The standard InChI is InChI=1S/C46H56N2O6S2/c1-43(2,3)33-22-31(23-34(41(33)53)44(4,5)6)55-39(51)26-37(49)48(30-20-18-29(19-21-30)47-28-16-14-13-15-17-28)38(50)27-40(52)56-32-24-35(45(7,8)9)42(54)36(25-32)46(10,11)12/h13-25,47,53-54H,26-27H2,1-12H3. The van der Waals surface area contributed by atoms with Gasteiger partial charge in [0.2, 0.25) is 22.0 Å². The zero-order valence-corrected chi connectivity index (χ0v) is 36.3. The average molecular weight is 797 g/mol. The first-order valence-corrected chi connectivity index (χ1v) is 20.3. The molecule has 0 saturated carbocycles. The molecule has 8 nitrogen and oxygen atoms in total. The molecule has 2 amide bonds. The highest BCUT2D eigenvalue weighted by Crippen LogP contribution is 2.43. The number of para-hydroxylation sites is 1. The molecule has 298 valence electrons. The van der Waals surface area contributed by atoms with Gasteiger partial charge in [-0.15, -0.1) is 0 Å². The van der Waals surface area contributed by atoms with Crippen LogP contribution in [0.15, 0.2) is 88.7 Å². The van der Waals surface area contributed by atoms with Crippen molar-refractivity contribution in [1.29, 1.82) is 0 Å². The lowest BCUT2D eigenvalue weighted by Gasteiger charge is -2.28. The van der Waals surface area contributed by atoms with Crippen LogP contribution < -0.4 is 10.2 Å². The van der Waals surface area contributed by atoms with Crippen LogP contribution in [0.4, 0.5) is 17.1 Å². The van der Waals surface area contributed by atoms with Gasteiger partial charge in [0.15, 0.2) is 0 Å². The van der Waals surface area contributed by atoms with E-state index in [1.165, 1.54) is 0 Å². The second kappa shape index (κ2) is 16.9. The molecule has 10 heteroatoms. The minimum absolute atomic E-state index is 0.180. The highest BCUT2D eigenvalue weighted by atomic mass is 32.2. The van der Waals surface area contributed by atoms with Crippen LogP contribution in [0, 0.1) is 0 Å². The van der Waals surface area contributed by atoms with Crippen molar-refractivity contribution in [1.82, 2.24) is 0 Å². The summed E-state index contributed by atoms with van der Waals surface area (Å²) >= 11 is 1.76. The van der Waals surface area contributed by atoms with Crippen LogP contribution in [-0.2, 0) is 40.8 Å². The van der Waals surface area contributed by atoms with Crippen molar-refractivity contribution in [2.75, 3.05) is 10.2 Å². The molecule has 0 atom stereocenters. The first-order chi connectivity index (χ1) is 25.8. The molecule has 0 saturated heterocycles. The number of amides is 2. The van der Waals surface area contributed by atoms with E-state index in [1.807, 2.05) is 113 Å². The summed E-state index contributed by atoms with van der Waals surface area (Å²) in [6, 6.07) is 23.3. The molecule has 4 rings (SSSR count). The first-order valence-electron chi connectivity index (χ1n) is 18.7. The maximum atomic E-state index is 14.0. The molecule has 4 aromatic rings. The summed E-state index contributed by atoms with van der Waals surface area (Å²) < 4.78 is 0. The van der Waals surface area contributed by atoms with Gasteiger partial charge in [-0.05, 0) is 82.3 Å². The Hall–Kier alpha value is -4.54. The van der Waals surface area contributed by atoms with Gasteiger partial charge in [-0.25, -0.2) is 4.90 Å². The number of phenols is 2. The molecule has 0 spiro atoms. The van der Waals surface area contributed by atoms with Crippen molar-refractivity contribution in [2.45, 2.75) is 127 Å². The summed E-state index contributed by atoms with van der Waals surface area (Å²) in [6.07, 6.45) is -1.22. The summed E-state index contributed by atoms with van der Waals surface area (Å²) in [6.45, 7) is 23.7. The molecular formula is C46H56N2O6S2. The number of nitrogens with zero attached hydrogens (tertiary/aromatic N) is 1. The Balaban J connectivity index is 1.64. The molecule has 0 aliphatic rings. The number of benzene rings is 4. The third-order valence-electron chi connectivity index (χ3n) is 9.14. The van der Waals surface area contributed by atoms with Gasteiger partial charge in [-0.1, -0.05) is 125 Å². The third-order valence-corrected chi connectivity index (χ3v) is 10.8. The number of rotatable bonds is 9. The molecule has 0 unspecified atom stereocenters. The number of hydrogen-bond acceptors (Lipinski definition) is 9. The van der Waals surface area contributed by atoms with Crippen LogP contribution in [0.3, 0.4) is 0 Å². The van der Waals surface area contributed by atoms with Crippen LogP contribution in [0.5, 0.6) is 11.5 Å². The highest BCUT2D eigenvalue weighted by Gasteiger charge is 2.31. The average Bonchev–Trinajstić information content (AvgIpc) is 3.05. The van der Waals surface area contributed by atoms with Gasteiger partial charge in [0.1, 0.15) is 11.5 Å². The number of phenolic OH excluding ortho intramolecular Hbond substituents is 2. The Labute approximate surface area is 340 Å². The first kappa shape index (κ1) is 44.2. The van der Waals surface area contributed by atoms with Gasteiger partial charge in [-0.2, -0.15) is 0 Å². The molecule has 0 heterocycles. The number of thioether (sulfide) groups is 2. The minimum atomic E-state index is -0.769. The Morgan fingerprint density at radius 2 is 0.839 bits per heavy atom. The van der Waals surface area contributed by atoms with Crippen molar-refractivity contribution in [2.24, 2.45) is 0 Å². The van der Waals surface area contributed by atoms with Crippen molar-refractivity contribution >= 4 is 62.6 Å². The van der Waals surface area contributed by atoms with Crippen LogP contribution in [0.1, 0.15) is 118 Å². The van der Waals surface area contributed by atoms with E-state index in [2.05, 4.69) is 5.32 Å².